The average Bonchev–Trinajstić information content (AvgIpc) is 3.67. The fraction of sp³-hybridized carbons (Fsp3) is 0.586. The molecule has 0 unspecified atom stereocenters. The van der Waals surface area contributed by atoms with Crippen molar-refractivity contribution >= 4 is 22.2 Å². The summed E-state index contributed by atoms with van der Waals surface area (Å²) >= 11 is 1.52. The number of aromatic nitrogens is 3. The van der Waals surface area contributed by atoms with E-state index in [1.165, 1.54) is 17.8 Å². The fourth-order valence-electron chi connectivity index (χ4n) is 6.70. The Bertz CT molecular complexity index is 1430. The third-order valence-electron chi connectivity index (χ3n) is 8.95. The second kappa shape index (κ2) is 10.7. The molecule has 0 saturated carbocycles. The molecular formula is C29H38N8O2S. The molecular weight excluding hydrogens is 524 g/mol. The third-order valence-corrected chi connectivity index (χ3v) is 10.0. The van der Waals surface area contributed by atoms with Crippen molar-refractivity contribution in [3.63, 3.8) is 0 Å². The zero-order valence-electron chi connectivity index (χ0n) is 23.7. The molecule has 6 rings (SSSR count). The van der Waals surface area contributed by atoms with Crippen LogP contribution in [-0.4, -0.2) is 71.4 Å². The maximum Gasteiger partial charge on any atom is 0.219 e. The first-order valence-electron chi connectivity index (χ1n) is 14.3. The summed E-state index contributed by atoms with van der Waals surface area (Å²) in [4.78, 5) is 15.6. The van der Waals surface area contributed by atoms with Gasteiger partial charge in [0, 0.05) is 48.7 Å². The topological polar surface area (TPSA) is 129 Å². The van der Waals surface area contributed by atoms with Crippen LogP contribution in [0, 0.1) is 11.3 Å². The molecule has 5 heterocycles. The van der Waals surface area contributed by atoms with Crippen LogP contribution in [0.5, 0.6) is 5.88 Å². The first-order valence-corrected chi connectivity index (χ1v) is 15.1. The lowest BCUT2D eigenvalue weighted by molar-refractivity contribution is 0.117. The van der Waals surface area contributed by atoms with Crippen LogP contribution in [0.3, 0.4) is 0 Å². The van der Waals surface area contributed by atoms with Gasteiger partial charge in [-0.15, -0.1) is 11.3 Å². The summed E-state index contributed by atoms with van der Waals surface area (Å²) in [6.45, 7) is 10.1. The van der Waals surface area contributed by atoms with E-state index >= 15 is 0 Å². The minimum Gasteiger partial charge on any atom is -0.473 e. The molecule has 3 aromatic heterocycles. The monoisotopic (exact) mass is 562 g/mol. The standard InChI is InChI=1S/C29H38N8O2S/c1-17-16-32-10-12-37(17)24-14-25(38-18(2)21-7-6-11-36(21)4)34-28(33-24)20-13-23(39-35-20)29(3)9-5-8-22-26(29)19(15-30)27(31)40-22/h13-14,17-18,21,32H,5-12,16,31H2,1-4H3/t17-,18+,21+,29-/m1/s1. The van der Waals surface area contributed by atoms with Crippen molar-refractivity contribution in [3.05, 3.63) is 33.9 Å². The van der Waals surface area contributed by atoms with Gasteiger partial charge in [-0.1, -0.05) is 5.16 Å². The summed E-state index contributed by atoms with van der Waals surface area (Å²) < 4.78 is 12.5. The number of fused-ring (bicyclic) bond motifs is 1. The molecule has 0 amide bonds. The molecule has 2 saturated heterocycles. The van der Waals surface area contributed by atoms with E-state index in [9.17, 15) is 5.26 Å². The highest BCUT2D eigenvalue weighted by Crippen LogP contribution is 2.49. The molecule has 3 aromatic rings. The van der Waals surface area contributed by atoms with Gasteiger partial charge in [-0.3, -0.25) is 4.90 Å². The average molecular weight is 563 g/mol. The Morgan fingerprint density at radius 1 is 1.30 bits per heavy atom. The van der Waals surface area contributed by atoms with Gasteiger partial charge in [0.05, 0.1) is 11.0 Å². The van der Waals surface area contributed by atoms with Gasteiger partial charge < -0.3 is 25.2 Å². The molecule has 1 aliphatic carbocycles. The lowest BCUT2D eigenvalue weighted by atomic mass is 9.71. The van der Waals surface area contributed by atoms with Gasteiger partial charge in [-0.25, -0.2) is 4.98 Å². The predicted octanol–water partition coefficient (Wildman–Crippen LogP) is 3.95. The number of nitrogens with one attached hydrogen (secondary N) is 1. The first-order chi connectivity index (χ1) is 19.3. The number of hydrogen-bond donors (Lipinski definition) is 2. The molecule has 11 heteroatoms. The number of thiophene rings is 1. The molecule has 2 fully saturated rings. The fourth-order valence-corrected chi connectivity index (χ4v) is 7.89. The van der Waals surface area contributed by atoms with Gasteiger partial charge in [0.15, 0.2) is 11.5 Å². The van der Waals surface area contributed by atoms with Gasteiger partial charge >= 0.3 is 0 Å². The molecule has 0 aromatic carbocycles. The predicted molar refractivity (Wildman–Crippen MR) is 156 cm³/mol. The van der Waals surface area contributed by atoms with E-state index in [0.29, 0.717) is 39.8 Å². The van der Waals surface area contributed by atoms with Crippen LogP contribution in [0.4, 0.5) is 10.8 Å². The SMILES string of the molecule is C[C@H](Oc1cc(N2CCNC[C@H]2C)nc(-c2cc([C@@]3(C)CCCc4sc(N)c(C#N)c43)on2)n1)[C@@H]1CCCN1C. The molecule has 10 nitrogen and oxygen atoms in total. The maximum absolute atomic E-state index is 9.88. The van der Waals surface area contributed by atoms with E-state index in [1.807, 2.05) is 12.1 Å². The van der Waals surface area contributed by atoms with Crippen LogP contribution in [0.25, 0.3) is 11.5 Å². The second-order valence-electron chi connectivity index (χ2n) is 11.7. The van der Waals surface area contributed by atoms with Gasteiger partial charge in [0.2, 0.25) is 5.88 Å². The van der Waals surface area contributed by atoms with Gasteiger partial charge in [-0.2, -0.15) is 10.2 Å². The summed E-state index contributed by atoms with van der Waals surface area (Å²) in [5.74, 6) is 2.55. The third kappa shape index (κ3) is 4.72. The molecule has 3 N–H and O–H groups in total. The first kappa shape index (κ1) is 27.0. The van der Waals surface area contributed by atoms with Gasteiger partial charge in [0.25, 0.3) is 0 Å². The minimum atomic E-state index is -0.496. The number of nitrogen functional groups attached to an aromatic ring is 1. The number of anilines is 2. The highest BCUT2D eigenvalue weighted by Gasteiger charge is 2.42. The lowest BCUT2D eigenvalue weighted by Gasteiger charge is -2.35. The smallest absolute Gasteiger partial charge is 0.219 e. The van der Waals surface area contributed by atoms with E-state index in [4.69, 9.17) is 25.0 Å². The number of hydrogen-bond acceptors (Lipinski definition) is 11. The minimum absolute atomic E-state index is 0.00978. The maximum atomic E-state index is 9.88. The number of aryl methyl sites for hydroxylation is 1. The Kier molecular flexibility index (Phi) is 7.19. The van der Waals surface area contributed by atoms with Crippen LogP contribution < -0.4 is 20.7 Å². The highest BCUT2D eigenvalue weighted by atomic mass is 32.1. The normalized spacial score (nSPS) is 25.9. The number of rotatable bonds is 6. The molecule has 4 atom stereocenters. The van der Waals surface area contributed by atoms with Crippen molar-refractivity contribution in [1.29, 1.82) is 5.26 Å². The van der Waals surface area contributed by atoms with Crippen molar-refractivity contribution in [2.45, 2.75) is 76.5 Å². The van der Waals surface area contributed by atoms with Crippen LogP contribution in [0.2, 0.25) is 0 Å². The Hall–Kier alpha value is -3.20. The second-order valence-corrected chi connectivity index (χ2v) is 12.8. The molecule has 0 radical (unpaired) electrons. The van der Waals surface area contributed by atoms with Crippen LogP contribution in [0.15, 0.2) is 16.7 Å². The van der Waals surface area contributed by atoms with Gasteiger partial charge in [0.1, 0.15) is 28.8 Å². The molecule has 0 bridgehead atoms. The Morgan fingerprint density at radius 2 is 2.15 bits per heavy atom. The number of likely N-dealkylation sites (tertiary alicyclic amines) is 1. The van der Waals surface area contributed by atoms with Crippen LogP contribution in [-0.2, 0) is 11.8 Å². The van der Waals surface area contributed by atoms with E-state index < -0.39 is 5.41 Å². The number of likely N-dealkylation sites (N-methyl/N-ethyl adjacent to an activating group) is 1. The zero-order valence-corrected chi connectivity index (χ0v) is 24.6. The van der Waals surface area contributed by atoms with Gasteiger partial charge in [-0.05, 0) is 72.0 Å². The number of nitriles is 1. The lowest BCUT2D eigenvalue weighted by Crippen LogP contribution is -2.50. The molecule has 40 heavy (non-hydrogen) atoms. The number of piperazine rings is 1. The number of nitrogens with zero attached hydrogens (tertiary/aromatic N) is 6. The van der Waals surface area contributed by atoms with E-state index in [2.05, 4.69) is 54.2 Å². The highest BCUT2D eigenvalue weighted by molar-refractivity contribution is 7.16. The summed E-state index contributed by atoms with van der Waals surface area (Å²) in [7, 11) is 2.16. The summed E-state index contributed by atoms with van der Waals surface area (Å²) in [6, 6.07) is 6.86. The quantitative estimate of drug-likeness (QED) is 0.455. The largest absolute Gasteiger partial charge is 0.473 e. The number of ether oxygens (including phenoxy) is 1. The van der Waals surface area contributed by atoms with Crippen molar-refractivity contribution < 1.29 is 9.26 Å². The van der Waals surface area contributed by atoms with Crippen LogP contribution in [0.1, 0.15) is 68.2 Å². The Balaban J connectivity index is 1.37. The summed E-state index contributed by atoms with van der Waals surface area (Å²) in [5.41, 5.74) is 7.85. The van der Waals surface area contributed by atoms with Crippen molar-refractivity contribution in [2.24, 2.45) is 0 Å². The van der Waals surface area contributed by atoms with E-state index in [-0.39, 0.29) is 12.1 Å². The Morgan fingerprint density at radius 3 is 2.90 bits per heavy atom. The van der Waals surface area contributed by atoms with Crippen LogP contribution >= 0.6 is 11.3 Å². The van der Waals surface area contributed by atoms with Crippen molar-refractivity contribution in [2.75, 3.05) is 43.9 Å². The van der Waals surface area contributed by atoms with Crippen molar-refractivity contribution in [3.8, 4) is 23.5 Å². The number of nitrogens with two attached hydrogens (primary N) is 1. The van der Waals surface area contributed by atoms with E-state index in [1.54, 1.807) is 0 Å². The molecule has 212 valence electrons. The van der Waals surface area contributed by atoms with Crippen molar-refractivity contribution in [1.82, 2.24) is 25.3 Å². The van der Waals surface area contributed by atoms with E-state index in [0.717, 1.165) is 68.1 Å². The summed E-state index contributed by atoms with van der Waals surface area (Å²) in [5, 5.41) is 18.4. The molecule has 3 aliphatic rings. The Labute approximate surface area is 239 Å². The summed E-state index contributed by atoms with van der Waals surface area (Å²) in [6.07, 6.45) is 5.04. The molecule has 2 aliphatic heterocycles. The molecule has 0 spiro atoms. The zero-order chi connectivity index (χ0) is 28.0.